The van der Waals surface area contributed by atoms with Crippen molar-refractivity contribution >= 4 is 11.6 Å². The number of para-hydroxylation sites is 2. The molecule has 0 radical (unpaired) electrons. The average molecular weight is 375 g/mol. The van der Waals surface area contributed by atoms with Gasteiger partial charge in [-0.15, -0.1) is 0 Å². The number of nitrogens with zero attached hydrogens (tertiary/aromatic N) is 1. The van der Waals surface area contributed by atoms with Crippen LogP contribution in [0.1, 0.15) is 16.7 Å². The van der Waals surface area contributed by atoms with E-state index in [1.54, 1.807) is 7.11 Å². The third-order valence-corrected chi connectivity index (χ3v) is 4.18. The number of aliphatic imine (C=N–C) groups is 1. The summed E-state index contributed by atoms with van der Waals surface area (Å²) in [5, 5.41) is 3.14. The molecule has 28 heavy (non-hydrogen) atoms. The number of anilines is 1. The van der Waals surface area contributed by atoms with Crippen molar-refractivity contribution in [2.24, 2.45) is 10.7 Å². The van der Waals surface area contributed by atoms with Crippen LogP contribution in [0, 0.1) is 0 Å². The fourth-order valence-electron chi connectivity index (χ4n) is 2.70. The summed E-state index contributed by atoms with van der Waals surface area (Å²) in [5.74, 6) is 1.24. The lowest BCUT2D eigenvalue weighted by atomic mass is 10.1. The van der Waals surface area contributed by atoms with Gasteiger partial charge < -0.3 is 20.5 Å². The first-order valence-corrected chi connectivity index (χ1v) is 9.14. The molecule has 0 amide bonds. The summed E-state index contributed by atoms with van der Waals surface area (Å²) in [6, 6.07) is 25.8. The molecule has 5 nitrogen and oxygen atoms in total. The van der Waals surface area contributed by atoms with Crippen LogP contribution in [-0.2, 0) is 24.5 Å². The van der Waals surface area contributed by atoms with Crippen LogP contribution in [0.25, 0.3) is 0 Å². The van der Waals surface area contributed by atoms with Gasteiger partial charge in [0.25, 0.3) is 0 Å². The van der Waals surface area contributed by atoms with Gasteiger partial charge in [-0.05, 0) is 29.3 Å². The van der Waals surface area contributed by atoms with Crippen molar-refractivity contribution in [1.29, 1.82) is 0 Å². The molecule has 0 aromatic heterocycles. The smallest absolute Gasteiger partial charge is 0.193 e. The number of rotatable bonds is 8. The van der Waals surface area contributed by atoms with Crippen LogP contribution in [0.15, 0.2) is 83.9 Å². The van der Waals surface area contributed by atoms with Gasteiger partial charge in [0.05, 0.1) is 13.2 Å². The fourth-order valence-corrected chi connectivity index (χ4v) is 2.70. The van der Waals surface area contributed by atoms with Gasteiger partial charge in [0.15, 0.2) is 5.96 Å². The van der Waals surface area contributed by atoms with Gasteiger partial charge in [-0.2, -0.15) is 0 Å². The van der Waals surface area contributed by atoms with Gasteiger partial charge in [-0.1, -0.05) is 60.7 Å². The molecule has 5 heteroatoms. The highest BCUT2D eigenvalue weighted by atomic mass is 16.5. The zero-order chi connectivity index (χ0) is 19.6. The largest absolute Gasteiger partial charge is 0.489 e. The molecule has 144 valence electrons. The monoisotopic (exact) mass is 375 g/mol. The summed E-state index contributed by atoms with van der Waals surface area (Å²) >= 11 is 0. The predicted molar refractivity (Wildman–Crippen MR) is 113 cm³/mol. The van der Waals surface area contributed by atoms with Gasteiger partial charge in [-0.3, -0.25) is 0 Å². The third kappa shape index (κ3) is 5.86. The van der Waals surface area contributed by atoms with E-state index >= 15 is 0 Å². The Bertz CT molecular complexity index is 893. The second-order valence-electron chi connectivity index (χ2n) is 6.33. The van der Waals surface area contributed by atoms with Crippen molar-refractivity contribution in [1.82, 2.24) is 0 Å². The lowest BCUT2D eigenvalue weighted by molar-refractivity contribution is 0.185. The minimum Gasteiger partial charge on any atom is -0.489 e. The molecule has 0 spiro atoms. The Hall–Kier alpha value is -3.31. The first-order chi connectivity index (χ1) is 13.7. The average Bonchev–Trinajstić information content (AvgIpc) is 2.74. The minimum absolute atomic E-state index is 0.375. The summed E-state index contributed by atoms with van der Waals surface area (Å²) in [5.41, 5.74) is 10.2. The molecule has 3 N–H and O–H groups in total. The lowest BCUT2D eigenvalue weighted by Gasteiger charge is -2.11. The van der Waals surface area contributed by atoms with E-state index in [0.29, 0.717) is 25.7 Å². The van der Waals surface area contributed by atoms with E-state index in [4.69, 9.17) is 15.2 Å². The molecule has 0 aliphatic heterocycles. The maximum absolute atomic E-state index is 6.04. The third-order valence-electron chi connectivity index (χ3n) is 4.18. The molecule has 0 unspecified atom stereocenters. The van der Waals surface area contributed by atoms with E-state index in [-0.39, 0.29) is 0 Å². The van der Waals surface area contributed by atoms with Crippen LogP contribution >= 0.6 is 0 Å². The molecule has 3 rings (SSSR count). The Morgan fingerprint density at radius 3 is 2.29 bits per heavy atom. The highest BCUT2D eigenvalue weighted by molar-refractivity contribution is 5.92. The Kier molecular flexibility index (Phi) is 7.04. The molecule has 0 heterocycles. The van der Waals surface area contributed by atoms with Crippen LogP contribution in [0.2, 0.25) is 0 Å². The van der Waals surface area contributed by atoms with Gasteiger partial charge >= 0.3 is 0 Å². The normalized spacial score (nSPS) is 11.2. The second-order valence-corrected chi connectivity index (χ2v) is 6.33. The minimum atomic E-state index is 0.375. The van der Waals surface area contributed by atoms with Crippen molar-refractivity contribution in [2.75, 3.05) is 12.4 Å². The van der Waals surface area contributed by atoms with Crippen LogP contribution in [0.5, 0.6) is 5.75 Å². The molecule has 0 aliphatic rings. The number of guanidine groups is 1. The number of nitrogens with one attached hydrogen (secondary N) is 1. The Balaban J connectivity index is 1.53. The van der Waals surface area contributed by atoms with E-state index in [2.05, 4.69) is 10.3 Å². The van der Waals surface area contributed by atoms with Crippen molar-refractivity contribution < 1.29 is 9.47 Å². The van der Waals surface area contributed by atoms with Crippen LogP contribution < -0.4 is 15.8 Å². The number of ether oxygens (including phenoxy) is 2. The van der Waals surface area contributed by atoms with Gasteiger partial charge in [0, 0.05) is 18.4 Å². The molecule has 3 aromatic rings. The van der Waals surface area contributed by atoms with Crippen LogP contribution in [0.4, 0.5) is 5.69 Å². The van der Waals surface area contributed by atoms with Gasteiger partial charge in [0.1, 0.15) is 12.4 Å². The van der Waals surface area contributed by atoms with Crippen LogP contribution in [0.3, 0.4) is 0 Å². The van der Waals surface area contributed by atoms with E-state index in [1.807, 2.05) is 78.9 Å². The van der Waals surface area contributed by atoms with E-state index in [0.717, 1.165) is 28.1 Å². The van der Waals surface area contributed by atoms with Crippen molar-refractivity contribution in [2.45, 2.75) is 19.8 Å². The highest BCUT2D eigenvalue weighted by Gasteiger charge is 2.03. The first-order valence-electron chi connectivity index (χ1n) is 9.14. The van der Waals surface area contributed by atoms with E-state index in [1.165, 1.54) is 0 Å². The SMILES string of the molecule is COCc1ccccc1NC(N)=NCc1ccc(COc2ccccc2)cc1. The molecule has 0 aliphatic carbocycles. The Morgan fingerprint density at radius 1 is 0.857 bits per heavy atom. The topological polar surface area (TPSA) is 68.9 Å². The Labute approximate surface area is 165 Å². The highest BCUT2D eigenvalue weighted by Crippen LogP contribution is 2.16. The first kappa shape index (κ1) is 19.5. The van der Waals surface area contributed by atoms with Crippen molar-refractivity contribution in [3.05, 3.63) is 95.6 Å². The number of nitrogens with two attached hydrogens (primary N) is 1. The summed E-state index contributed by atoms with van der Waals surface area (Å²) < 4.78 is 11.0. The number of methoxy groups -OCH3 is 1. The molecular weight excluding hydrogens is 350 g/mol. The molecule has 3 aromatic carbocycles. The molecular formula is C23H25N3O2. The summed E-state index contributed by atoms with van der Waals surface area (Å²) in [6.45, 7) is 1.56. The maximum atomic E-state index is 6.04. The number of benzene rings is 3. The molecule has 0 saturated heterocycles. The van der Waals surface area contributed by atoms with Crippen LogP contribution in [-0.4, -0.2) is 13.1 Å². The molecule has 0 fully saturated rings. The Morgan fingerprint density at radius 2 is 1.54 bits per heavy atom. The lowest BCUT2D eigenvalue weighted by Crippen LogP contribution is -2.23. The van der Waals surface area contributed by atoms with Gasteiger partial charge in [-0.25, -0.2) is 4.99 Å². The zero-order valence-electron chi connectivity index (χ0n) is 16.0. The summed E-state index contributed by atoms with van der Waals surface area (Å²) in [6.07, 6.45) is 0. The second kappa shape index (κ2) is 10.1. The van der Waals surface area contributed by atoms with Crippen molar-refractivity contribution in [3.63, 3.8) is 0 Å². The maximum Gasteiger partial charge on any atom is 0.193 e. The van der Waals surface area contributed by atoms with Gasteiger partial charge in [0.2, 0.25) is 0 Å². The quantitative estimate of drug-likeness (QED) is 0.454. The van der Waals surface area contributed by atoms with Crippen molar-refractivity contribution in [3.8, 4) is 5.75 Å². The number of hydrogen-bond donors (Lipinski definition) is 2. The zero-order valence-corrected chi connectivity index (χ0v) is 16.0. The molecule has 0 atom stereocenters. The fraction of sp³-hybridized carbons (Fsp3) is 0.174. The standard InChI is InChI=1S/C23H25N3O2/c1-27-17-20-7-5-6-10-22(20)26-23(24)25-15-18-11-13-19(14-12-18)16-28-21-8-3-2-4-9-21/h2-14H,15-17H2,1H3,(H3,24,25,26). The number of hydrogen-bond acceptors (Lipinski definition) is 3. The predicted octanol–water partition coefficient (Wildman–Crippen LogP) is 4.34. The summed E-state index contributed by atoms with van der Waals surface area (Å²) in [4.78, 5) is 4.43. The van der Waals surface area contributed by atoms with E-state index in [9.17, 15) is 0 Å². The van der Waals surface area contributed by atoms with E-state index < -0.39 is 0 Å². The molecule has 0 bridgehead atoms. The molecule has 0 saturated carbocycles. The summed E-state index contributed by atoms with van der Waals surface area (Å²) in [7, 11) is 1.67.